The maximum Gasteiger partial charge on any atom is 0.203 e. The Morgan fingerprint density at radius 2 is 2.18 bits per heavy atom. The lowest BCUT2D eigenvalue weighted by Gasteiger charge is -2.35. The van der Waals surface area contributed by atoms with E-state index in [0.29, 0.717) is 5.92 Å². The molecule has 1 N–H and O–H groups in total. The van der Waals surface area contributed by atoms with Gasteiger partial charge in [-0.05, 0) is 25.7 Å². The first-order chi connectivity index (χ1) is 8.09. The standard InChI is InChI=1S/C13H23N3O/c1-11(2)10-16-7-6-14-12(16)15-13(3)4-8-17-9-5-13/h6-7,11H,4-5,8-10H2,1-3H3,(H,14,15). The van der Waals surface area contributed by atoms with Crippen molar-refractivity contribution in [2.75, 3.05) is 18.5 Å². The number of anilines is 1. The second-order valence-corrected chi connectivity index (χ2v) is 5.60. The quantitative estimate of drug-likeness (QED) is 0.874. The van der Waals surface area contributed by atoms with Crippen LogP contribution < -0.4 is 5.32 Å². The van der Waals surface area contributed by atoms with Crippen LogP contribution in [-0.4, -0.2) is 28.3 Å². The van der Waals surface area contributed by atoms with Crippen molar-refractivity contribution in [1.82, 2.24) is 9.55 Å². The summed E-state index contributed by atoms with van der Waals surface area (Å²) in [6.45, 7) is 9.39. The van der Waals surface area contributed by atoms with Crippen LogP contribution in [0.3, 0.4) is 0 Å². The predicted octanol–water partition coefficient (Wildman–Crippen LogP) is 2.52. The molecule has 0 aromatic carbocycles. The monoisotopic (exact) mass is 237 g/mol. The Balaban J connectivity index is 2.04. The zero-order chi connectivity index (χ0) is 12.3. The number of rotatable bonds is 4. The Labute approximate surface area is 103 Å². The Morgan fingerprint density at radius 1 is 1.47 bits per heavy atom. The van der Waals surface area contributed by atoms with Gasteiger partial charge < -0.3 is 14.6 Å². The van der Waals surface area contributed by atoms with Gasteiger partial charge in [0, 0.05) is 37.7 Å². The molecule has 0 bridgehead atoms. The second-order valence-electron chi connectivity index (χ2n) is 5.60. The molecule has 0 aliphatic carbocycles. The average molecular weight is 237 g/mol. The lowest BCUT2D eigenvalue weighted by Crippen LogP contribution is -2.41. The summed E-state index contributed by atoms with van der Waals surface area (Å²) in [6.07, 6.45) is 6.00. The van der Waals surface area contributed by atoms with Crippen LogP contribution in [0.25, 0.3) is 0 Å². The molecule has 0 saturated carbocycles. The van der Waals surface area contributed by atoms with Crippen molar-refractivity contribution < 1.29 is 4.74 Å². The topological polar surface area (TPSA) is 39.1 Å². The average Bonchev–Trinajstić information content (AvgIpc) is 2.65. The summed E-state index contributed by atoms with van der Waals surface area (Å²) in [5, 5.41) is 3.58. The fraction of sp³-hybridized carbons (Fsp3) is 0.769. The third-order valence-corrected chi connectivity index (χ3v) is 3.29. The Bertz CT molecular complexity index is 353. The maximum atomic E-state index is 5.41. The van der Waals surface area contributed by atoms with Gasteiger partial charge in [0.15, 0.2) is 0 Å². The number of nitrogens with one attached hydrogen (secondary N) is 1. The van der Waals surface area contributed by atoms with Gasteiger partial charge in [0.05, 0.1) is 0 Å². The molecule has 2 rings (SSSR count). The van der Waals surface area contributed by atoms with E-state index in [-0.39, 0.29) is 5.54 Å². The third-order valence-electron chi connectivity index (χ3n) is 3.29. The molecule has 1 saturated heterocycles. The smallest absolute Gasteiger partial charge is 0.203 e. The minimum Gasteiger partial charge on any atom is -0.381 e. The number of aromatic nitrogens is 2. The largest absolute Gasteiger partial charge is 0.381 e. The molecular weight excluding hydrogens is 214 g/mol. The number of hydrogen-bond donors (Lipinski definition) is 1. The van der Waals surface area contributed by atoms with Gasteiger partial charge in [0.25, 0.3) is 0 Å². The van der Waals surface area contributed by atoms with Crippen molar-refractivity contribution in [2.45, 2.75) is 45.7 Å². The lowest BCUT2D eigenvalue weighted by atomic mass is 9.93. The molecule has 0 amide bonds. The van der Waals surface area contributed by atoms with Gasteiger partial charge >= 0.3 is 0 Å². The molecule has 0 spiro atoms. The summed E-state index contributed by atoms with van der Waals surface area (Å²) in [6, 6.07) is 0. The van der Waals surface area contributed by atoms with Crippen LogP contribution >= 0.6 is 0 Å². The molecule has 1 aliphatic rings. The van der Waals surface area contributed by atoms with Gasteiger partial charge in [-0.2, -0.15) is 0 Å². The zero-order valence-electron chi connectivity index (χ0n) is 11.1. The number of imidazole rings is 1. The Hall–Kier alpha value is -1.03. The fourth-order valence-electron chi connectivity index (χ4n) is 2.19. The molecule has 4 heteroatoms. The highest BCUT2D eigenvalue weighted by Gasteiger charge is 2.28. The van der Waals surface area contributed by atoms with Crippen molar-refractivity contribution in [1.29, 1.82) is 0 Å². The van der Waals surface area contributed by atoms with Crippen LogP contribution in [0.4, 0.5) is 5.95 Å². The minimum absolute atomic E-state index is 0.123. The number of ether oxygens (including phenoxy) is 1. The zero-order valence-corrected chi connectivity index (χ0v) is 11.1. The van der Waals surface area contributed by atoms with E-state index in [1.165, 1.54) is 0 Å². The van der Waals surface area contributed by atoms with Crippen LogP contribution in [0.15, 0.2) is 12.4 Å². The normalized spacial score (nSPS) is 19.5. The van der Waals surface area contributed by atoms with E-state index in [1.807, 2.05) is 12.4 Å². The van der Waals surface area contributed by atoms with E-state index < -0.39 is 0 Å². The van der Waals surface area contributed by atoms with Crippen LogP contribution in [0.5, 0.6) is 0 Å². The van der Waals surface area contributed by atoms with Gasteiger partial charge in [-0.25, -0.2) is 4.98 Å². The molecule has 1 aliphatic heterocycles. The molecule has 96 valence electrons. The van der Waals surface area contributed by atoms with Gasteiger partial charge in [0.1, 0.15) is 0 Å². The second kappa shape index (κ2) is 5.08. The molecular formula is C13H23N3O. The van der Waals surface area contributed by atoms with E-state index in [1.54, 1.807) is 0 Å². The molecule has 1 aromatic heterocycles. The first-order valence-electron chi connectivity index (χ1n) is 6.46. The highest BCUT2D eigenvalue weighted by atomic mass is 16.5. The summed E-state index contributed by atoms with van der Waals surface area (Å²) in [5.41, 5.74) is 0.123. The number of hydrogen-bond acceptors (Lipinski definition) is 3. The van der Waals surface area contributed by atoms with Crippen molar-refractivity contribution >= 4 is 5.95 Å². The van der Waals surface area contributed by atoms with Crippen LogP contribution in [0, 0.1) is 5.92 Å². The fourth-order valence-corrected chi connectivity index (χ4v) is 2.19. The molecule has 2 heterocycles. The first-order valence-corrected chi connectivity index (χ1v) is 6.46. The van der Waals surface area contributed by atoms with Crippen LogP contribution in [0.1, 0.15) is 33.6 Å². The summed E-state index contributed by atoms with van der Waals surface area (Å²) in [4.78, 5) is 4.42. The van der Waals surface area contributed by atoms with E-state index in [4.69, 9.17) is 4.74 Å². The van der Waals surface area contributed by atoms with E-state index >= 15 is 0 Å². The summed E-state index contributed by atoms with van der Waals surface area (Å²) in [7, 11) is 0. The lowest BCUT2D eigenvalue weighted by molar-refractivity contribution is 0.0654. The number of nitrogens with zero attached hydrogens (tertiary/aromatic N) is 2. The molecule has 0 radical (unpaired) electrons. The Morgan fingerprint density at radius 3 is 2.82 bits per heavy atom. The van der Waals surface area contributed by atoms with Crippen molar-refractivity contribution in [2.24, 2.45) is 5.92 Å². The van der Waals surface area contributed by atoms with Gasteiger partial charge in [0.2, 0.25) is 5.95 Å². The van der Waals surface area contributed by atoms with E-state index in [2.05, 4.69) is 35.6 Å². The molecule has 17 heavy (non-hydrogen) atoms. The summed E-state index contributed by atoms with van der Waals surface area (Å²) in [5.74, 6) is 1.62. The van der Waals surface area contributed by atoms with E-state index in [9.17, 15) is 0 Å². The van der Waals surface area contributed by atoms with Crippen molar-refractivity contribution in [3.8, 4) is 0 Å². The third kappa shape index (κ3) is 3.22. The maximum absolute atomic E-state index is 5.41. The minimum atomic E-state index is 0.123. The highest BCUT2D eigenvalue weighted by molar-refractivity contribution is 5.30. The van der Waals surface area contributed by atoms with Gasteiger partial charge in [-0.15, -0.1) is 0 Å². The first kappa shape index (κ1) is 12.4. The molecule has 1 fully saturated rings. The van der Waals surface area contributed by atoms with E-state index in [0.717, 1.165) is 38.5 Å². The SMILES string of the molecule is CC(C)Cn1ccnc1NC1(C)CCOCC1. The molecule has 4 nitrogen and oxygen atoms in total. The van der Waals surface area contributed by atoms with Crippen LogP contribution in [0.2, 0.25) is 0 Å². The summed E-state index contributed by atoms with van der Waals surface area (Å²) >= 11 is 0. The highest BCUT2D eigenvalue weighted by Crippen LogP contribution is 2.24. The van der Waals surface area contributed by atoms with Crippen LogP contribution in [-0.2, 0) is 11.3 Å². The molecule has 0 atom stereocenters. The Kier molecular flexibility index (Phi) is 3.72. The van der Waals surface area contributed by atoms with Gasteiger partial charge in [-0.3, -0.25) is 0 Å². The predicted molar refractivity (Wildman–Crippen MR) is 69.1 cm³/mol. The molecule has 0 unspecified atom stereocenters. The van der Waals surface area contributed by atoms with Crippen molar-refractivity contribution in [3.63, 3.8) is 0 Å². The van der Waals surface area contributed by atoms with Crippen molar-refractivity contribution in [3.05, 3.63) is 12.4 Å². The van der Waals surface area contributed by atoms with Gasteiger partial charge in [-0.1, -0.05) is 13.8 Å². The molecule has 1 aromatic rings. The summed E-state index contributed by atoms with van der Waals surface area (Å²) < 4.78 is 7.61.